The van der Waals surface area contributed by atoms with Crippen LogP contribution in [0.4, 0.5) is 21.8 Å². The number of aliphatic imine (C=N–C) groups is 1. The molecule has 0 amide bonds. The van der Waals surface area contributed by atoms with Gasteiger partial charge in [-0.1, -0.05) is 30.3 Å². The predicted molar refractivity (Wildman–Crippen MR) is 108 cm³/mol. The molecule has 2 aliphatic heterocycles. The number of nitrogens with zero attached hydrogens (tertiary/aromatic N) is 5. The summed E-state index contributed by atoms with van der Waals surface area (Å²) in [5.74, 6) is 1.59. The van der Waals surface area contributed by atoms with Crippen molar-refractivity contribution in [3.8, 4) is 0 Å². The zero-order chi connectivity index (χ0) is 18.9. The van der Waals surface area contributed by atoms with E-state index in [1.54, 1.807) is 12.3 Å². The average molecular weight is 372 g/mol. The van der Waals surface area contributed by atoms with E-state index in [9.17, 15) is 4.39 Å². The summed E-state index contributed by atoms with van der Waals surface area (Å²) in [6, 6.07) is 11.8. The van der Waals surface area contributed by atoms with Crippen LogP contribution in [0.2, 0.25) is 0 Å². The fourth-order valence-electron chi connectivity index (χ4n) is 3.45. The minimum atomic E-state index is -0.449. The van der Waals surface area contributed by atoms with E-state index >= 15 is 0 Å². The molecule has 5 rings (SSSR count). The molecule has 6 nitrogen and oxygen atoms in total. The molecule has 0 saturated carbocycles. The lowest BCUT2D eigenvalue weighted by Crippen LogP contribution is -2.39. The van der Waals surface area contributed by atoms with Gasteiger partial charge in [0.1, 0.15) is 11.7 Å². The van der Waals surface area contributed by atoms with E-state index in [0.29, 0.717) is 11.6 Å². The van der Waals surface area contributed by atoms with Gasteiger partial charge in [0.2, 0.25) is 5.95 Å². The number of fused-ring (bicyclic) bond motifs is 3. The molecule has 2 aromatic heterocycles. The Morgan fingerprint density at radius 1 is 1.07 bits per heavy atom. The number of halogens is 1. The van der Waals surface area contributed by atoms with Gasteiger partial charge in [0.25, 0.3) is 0 Å². The van der Waals surface area contributed by atoms with E-state index in [-0.39, 0.29) is 0 Å². The molecule has 0 saturated heterocycles. The van der Waals surface area contributed by atoms with Gasteiger partial charge in [0.15, 0.2) is 5.82 Å². The Bertz CT molecular complexity index is 1090. The van der Waals surface area contributed by atoms with Crippen molar-refractivity contribution in [2.75, 3.05) is 23.3 Å². The molecule has 0 fully saturated rings. The quantitative estimate of drug-likeness (QED) is 0.755. The number of amidine groups is 1. The molecule has 7 heteroatoms. The first kappa shape index (κ1) is 16.6. The van der Waals surface area contributed by atoms with Crippen LogP contribution in [0.3, 0.4) is 0 Å². The van der Waals surface area contributed by atoms with Gasteiger partial charge >= 0.3 is 0 Å². The summed E-state index contributed by atoms with van der Waals surface area (Å²) < 4.78 is 13.9. The molecule has 4 heterocycles. The second kappa shape index (κ2) is 6.84. The minimum Gasteiger partial charge on any atom is -0.322 e. The highest BCUT2D eigenvalue weighted by atomic mass is 19.1. The summed E-state index contributed by atoms with van der Waals surface area (Å²) in [5, 5.41) is 2.94. The van der Waals surface area contributed by atoms with Gasteiger partial charge < -0.3 is 10.2 Å². The second-order valence-corrected chi connectivity index (χ2v) is 6.59. The number of rotatable bonds is 3. The monoisotopic (exact) mass is 372 g/mol. The maximum Gasteiger partial charge on any atom is 0.229 e. The predicted octanol–water partition coefficient (Wildman–Crippen LogP) is 3.92. The maximum atomic E-state index is 13.9. The summed E-state index contributed by atoms with van der Waals surface area (Å²) in [4.78, 5) is 19.7. The Hall–Kier alpha value is -3.61. The second-order valence-electron chi connectivity index (χ2n) is 6.59. The molecular formula is C21H17FN6. The first-order valence-electron chi connectivity index (χ1n) is 9.13. The van der Waals surface area contributed by atoms with E-state index in [0.717, 1.165) is 54.1 Å². The van der Waals surface area contributed by atoms with E-state index in [1.807, 2.05) is 18.2 Å². The Morgan fingerprint density at radius 3 is 2.82 bits per heavy atom. The van der Waals surface area contributed by atoms with E-state index in [1.165, 1.54) is 6.20 Å². The first-order valence-corrected chi connectivity index (χ1v) is 9.13. The van der Waals surface area contributed by atoms with Crippen molar-refractivity contribution in [2.24, 2.45) is 4.99 Å². The molecule has 1 aromatic carbocycles. The lowest BCUT2D eigenvalue weighted by Gasteiger charge is -2.34. The number of hydrogen-bond donors (Lipinski definition) is 1. The van der Waals surface area contributed by atoms with Crippen LogP contribution < -0.4 is 10.2 Å². The summed E-state index contributed by atoms with van der Waals surface area (Å²) >= 11 is 0. The Kier molecular flexibility index (Phi) is 4.05. The summed E-state index contributed by atoms with van der Waals surface area (Å²) in [5.41, 5.74) is 3.39. The summed E-state index contributed by atoms with van der Waals surface area (Å²) in [6.07, 6.45) is 7.47. The van der Waals surface area contributed by atoms with Crippen molar-refractivity contribution in [3.05, 3.63) is 71.9 Å². The molecule has 0 aliphatic carbocycles. The van der Waals surface area contributed by atoms with Crippen LogP contribution in [0, 0.1) is 5.82 Å². The van der Waals surface area contributed by atoms with Gasteiger partial charge in [-0.25, -0.2) is 9.37 Å². The first-order chi connectivity index (χ1) is 13.8. The summed E-state index contributed by atoms with van der Waals surface area (Å²) in [6.45, 7) is 1.62. The van der Waals surface area contributed by atoms with Crippen LogP contribution in [0.25, 0.3) is 11.6 Å². The largest absolute Gasteiger partial charge is 0.322 e. The van der Waals surface area contributed by atoms with Crippen LogP contribution >= 0.6 is 0 Å². The van der Waals surface area contributed by atoms with Crippen molar-refractivity contribution in [2.45, 2.75) is 6.42 Å². The maximum absolute atomic E-state index is 13.9. The molecule has 0 unspecified atom stereocenters. The lowest BCUT2D eigenvalue weighted by atomic mass is 9.97. The molecule has 28 heavy (non-hydrogen) atoms. The Morgan fingerprint density at radius 2 is 1.96 bits per heavy atom. The fourth-order valence-corrected chi connectivity index (χ4v) is 3.45. The molecule has 0 atom stereocenters. The van der Waals surface area contributed by atoms with Crippen molar-refractivity contribution < 1.29 is 4.39 Å². The van der Waals surface area contributed by atoms with Crippen molar-refractivity contribution in [3.63, 3.8) is 0 Å². The van der Waals surface area contributed by atoms with Crippen LogP contribution in [0.1, 0.15) is 17.5 Å². The van der Waals surface area contributed by atoms with Crippen LogP contribution in [-0.2, 0) is 0 Å². The molecule has 0 radical (unpaired) electrons. The highest BCUT2D eigenvalue weighted by molar-refractivity contribution is 6.35. The van der Waals surface area contributed by atoms with E-state index in [2.05, 4.69) is 43.4 Å². The minimum absolute atomic E-state index is 0.291. The number of hydrogen-bond acceptors (Lipinski definition) is 6. The number of anilines is 3. The van der Waals surface area contributed by atoms with Gasteiger partial charge in [-0.2, -0.15) is 4.98 Å². The Balaban J connectivity index is 1.58. The van der Waals surface area contributed by atoms with Crippen LogP contribution in [-0.4, -0.2) is 33.9 Å². The third-order valence-electron chi connectivity index (χ3n) is 4.75. The lowest BCUT2D eigenvalue weighted by molar-refractivity contribution is 0.625. The highest BCUT2D eigenvalue weighted by Crippen LogP contribution is 2.35. The normalized spacial score (nSPS) is 15.2. The van der Waals surface area contributed by atoms with Gasteiger partial charge in [-0.15, -0.1) is 0 Å². The van der Waals surface area contributed by atoms with E-state index < -0.39 is 5.82 Å². The number of nitrogens with one attached hydrogen (secondary N) is 1. The number of pyridine rings is 1. The average Bonchev–Trinajstić information content (AvgIpc) is 2.75. The van der Waals surface area contributed by atoms with Gasteiger partial charge in [-0.3, -0.25) is 9.98 Å². The Labute approximate surface area is 161 Å². The third kappa shape index (κ3) is 2.90. The molecule has 0 bridgehead atoms. The van der Waals surface area contributed by atoms with Crippen molar-refractivity contribution in [1.82, 2.24) is 15.0 Å². The zero-order valence-electron chi connectivity index (χ0n) is 15.0. The molecule has 0 spiro atoms. The van der Waals surface area contributed by atoms with Crippen molar-refractivity contribution in [1.29, 1.82) is 0 Å². The van der Waals surface area contributed by atoms with Crippen molar-refractivity contribution >= 4 is 34.9 Å². The van der Waals surface area contributed by atoms with Crippen LogP contribution in [0.15, 0.2) is 60.0 Å². The summed E-state index contributed by atoms with van der Waals surface area (Å²) in [7, 11) is 0. The topological polar surface area (TPSA) is 66.3 Å². The molecule has 2 aliphatic rings. The van der Waals surface area contributed by atoms with Gasteiger partial charge in [0, 0.05) is 36.6 Å². The smallest absolute Gasteiger partial charge is 0.229 e. The fraction of sp³-hybridized carbons (Fsp3) is 0.143. The van der Waals surface area contributed by atoms with Crippen LogP contribution in [0.5, 0.6) is 0 Å². The van der Waals surface area contributed by atoms with Gasteiger partial charge in [0.05, 0.1) is 11.9 Å². The third-order valence-corrected chi connectivity index (χ3v) is 4.75. The molecule has 3 aromatic rings. The molecule has 138 valence electrons. The SMILES string of the molecule is Fc1cnccc1Nc1ncc2c(n1)N1CCCN=C1C(c1ccccc1)=C2. The number of aromatic nitrogens is 3. The standard InChI is InChI=1S/C21H17FN6/c22-17-13-23-9-7-18(17)26-21-25-12-15-11-16(14-5-2-1-3-6-14)20-24-8-4-10-28(20)19(15)27-21/h1-3,5-7,9,11-13H,4,8,10H2,(H,23,25,26,27). The van der Waals surface area contributed by atoms with Gasteiger partial charge in [-0.05, 0) is 24.1 Å². The zero-order valence-corrected chi connectivity index (χ0v) is 15.0. The van der Waals surface area contributed by atoms with E-state index in [4.69, 9.17) is 4.99 Å². The molecular weight excluding hydrogens is 355 g/mol. The highest BCUT2D eigenvalue weighted by Gasteiger charge is 2.29. The molecule has 1 N–H and O–H groups in total. The number of benzene rings is 1.